The first-order valence-electron chi connectivity index (χ1n) is 6.51. The highest BCUT2D eigenvalue weighted by atomic mass is 19.1. The lowest BCUT2D eigenvalue weighted by molar-refractivity contribution is -0.147. The quantitative estimate of drug-likeness (QED) is 0.882. The third-order valence-electron chi connectivity index (χ3n) is 3.97. The van der Waals surface area contributed by atoms with E-state index in [1.54, 1.807) is 0 Å². The Hall–Kier alpha value is -1.95. The van der Waals surface area contributed by atoms with E-state index in [4.69, 9.17) is 4.74 Å². The molecule has 0 radical (unpaired) electrons. The Morgan fingerprint density at radius 2 is 1.75 bits per heavy atom. The molecule has 0 unspecified atom stereocenters. The maximum atomic E-state index is 12.8. The molecule has 1 aromatic carbocycles. The van der Waals surface area contributed by atoms with Gasteiger partial charge in [0.1, 0.15) is 5.82 Å². The average Bonchev–Trinajstić information content (AvgIpc) is 3.01. The summed E-state index contributed by atoms with van der Waals surface area (Å²) in [6.45, 7) is 0. The maximum Gasteiger partial charge on any atom is 0.310 e. The van der Waals surface area contributed by atoms with Crippen molar-refractivity contribution in [2.24, 2.45) is 11.8 Å². The van der Waals surface area contributed by atoms with Crippen LogP contribution in [0.4, 0.5) is 10.1 Å². The Labute approximate surface area is 114 Å². The van der Waals surface area contributed by atoms with Crippen molar-refractivity contribution in [3.05, 3.63) is 30.1 Å². The maximum absolute atomic E-state index is 12.8. The highest BCUT2D eigenvalue weighted by Gasteiger charge is 2.55. The van der Waals surface area contributed by atoms with E-state index in [1.807, 2.05) is 0 Å². The Balaban J connectivity index is 1.76. The van der Waals surface area contributed by atoms with Crippen molar-refractivity contribution in [1.82, 2.24) is 0 Å². The van der Waals surface area contributed by atoms with E-state index in [2.05, 4.69) is 5.32 Å². The van der Waals surface area contributed by atoms with Crippen molar-refractivity contribution >= 4 is 17.6 Å². The minimum atomic E-state index is -1.00. The van der Waals surface area contributed by atoms with Gasteiger partial charge in [-0.1, -0.05) is 0 Å². The number of hydrogen-bond acceptors (Lipinski definition) is 3. The summed E-state index contributed by atoms with van der Waals surface area (Å²) in [5.41, 5.74) is 0.448. The van der Waals surface area contributed by atoms with E-state index in [-0.39, 0.29) is 18.1 Å². The summed E-state index contributed by atoms with van der Waals surface area (Å²) >= 11 is 0. The molecule has 0 aliphatic carbocycles. The summed E-state index contributed by atoms with van der Waals surface area (Å²) in [6.07, 6.45) is 0.681. The Bertz CT molecular complexity index is 545. The summed E-state index contributed by atoms with van der Waals surface area (Å²) in [7, 11) is 0. The topological polar surface area (TPSA) is 75.6 Å². The highest BCUT2D eigenvalue weighted by molar-refractivity contribution is 5.96. The SMILES string of the molecule is O=C(O)[C@H]1[C@H](C(=O)Nc2ccc(F)cc2)[C@H]2CC[C@H]1O2. The molecule has 106 valence electrons. The van der Waals surface area contributed by atoms with E-state index >= 15 is 0 Å². The van der Waals surface area contributed by atoms with Gasteiger partial charge in [0.2, 0.25) is 5.91 Å². The van der Waals surface area contributed by atoms with Crippen LogP contribution in [-0.2, 0) is 14.3 Å². The van der Waals surface area contributed by atoms with E-state index in [0.717, 1.165) is 0 Å². The van der Waals surface area contributed by atoms with E-state index < -0.39 is 23.6 Å². The molecule has 2 saturated heterocycles. The summed E-state index contributed by atoms with van der Waals surface area (Å²) in [5, 5.41) is 11.9. The number of benzene rings is 1. The van der Waals surface area contributed by atoms with Crippen molar-refractivity contribution in [3.8, 4) is 0 Å². The zero-order chi connectivity index (χ0) is 14.3. The van der Waals surface area contributed by atoms with Gasteiger partial charge >= 0.3 is 5.97 Å². The second kappa shape index (κ2) is 4.86. The number of carbonyl (C=O) groups excluding carboxylic acids is 1. The molecule has 5 nitrogen and oxygen atoms in total. The number of rotatable bonds is 3. The number of carbonyl (C=O) groups is 2. The fraction of sp³-hybridized carbons (Fsp3) is 0.429. The molecule has 4 atom stereocenters. The molecular weight excluding hydrogens is 265 g/mol. The highest BCUT2D eigenvalue weighted by Crippen LogP contribution is 2.44. The molecule has 2 aliphatic heterocycles. The first-order chi connectivity index (χ1) is 9.56. The summed E-state index contributed by atoms with van der Waals surface area (Å²) in [6, 6.07) is 5.36. The smallest absolute Gasteiger partial charge is 0.310 e. The fourth-order valence-corrected chi connectivity index (χ4v) is 3.08. The van der Waals surface area contributed by atoms with Crippen molar-refractivity contribution in [2.75, 3.05) is 5.32 Å². The van der Waals surface area contributed by atoms with Gasteiger partial charge in [0.25, 0.3) is 0 Å². The van der Waals surface area contributed by atoms with E-state index in [1.165, 1.54) is 24.3 Å². The monoisotopic (exact) mass is 279 g/mol. The van der Waals surface area contributed by atoms with Crippen LogP contribution in [-0.4, -0.2) is 29.2 Å². The van der Waals surface area contributed by atoms with Crippen LogP contribution >= 0.6 is 0 Å². The van der Waals surface area contributed by atoms with Gasteiger partial charge in [0, 0.05) is 5.69 Å². The minimum absolute atomic E-state index is 0.332. The van der Waals surface area contributed by atoms with Crippen molar-refractivity contribution in [3.63, 3.8) is 0 Å². The van der Waals surface area contributed by atoms with Gasteiger partial charge < -0.3 is 15.2 Å². The summed E-state index contributed by atoms with van der Waals surface area (Å²) in [4.78, 5) is 23.5. The number of carboxylic acids is 1. The van der Waals surface area contributed by atoms with Crippen LogP contribution in [0.2, 0.25) is 0 Å². The molecule has 2 N–H and O–H groups in total. The molecule has 1 amide bonds. The van der Waals surface area contributed by atoms with Gasteiger partial charge in [-0.25, -0.2) is 4.39 Å². The van der Waals surface area contributed by atoms with Crippen LogP contribution in [0.15, 0.2) is 24.3 Å². The van der Waals surface area contributed by atoms with Crippen LogP contribution in [0.25, 0.3) is 0 Å². The Morgan fingerprint density at radius 1 is 1.15 bits per heavy atom. The number of ether oxygens (including phenoxy) is 1. The number of carboxylic acid groups (broad SMARTS) is 1. The van der Waals surface area contributed by atoms with Gasteiger partial charge in [-0.2, -0.15) is 0 Å². The lowest BCUT2D eigenvalue weighted by atomic mass is 9.78. The molecule has 2 fully saturated rings. The predicted molar refractivity (Wildman–Crippen MR) is 67.5 cm³/mol. The molecule has 2 bridgehead atoms. The van der Waals surface area contributed by atoms with E-state index in [9.17, 15) is 19.1 Å². The van der Waals surface area contributed by atoms with E-state index in [0.29, 0.717) is 18.5 Å². The average molecular weight is 279 g/mol. The molecule has 0 spiro atoms. The number of anilines is 1. The lowest BCUT2D eigenvalue weighted by Gasteiger charge is -2.23. The number of nitrogens with one attached hydrogen (secondary N) is 1. The number of amides is 1. The number of aliphatic carboxylic acids is 1. The van der Waals surface area contributed by atoms with Gasteiger partial charge in [0.05, 0.1) is 24.0 Å². The van der Waals surface area contributed by atoms with Crippen LogP contribution in [0.3, 0.4) is 0 Å². The molecule has 0 saturated carbocycles. The van der Waals surface area contributed by atoms with Gasteiger partial charge in [0.15, 0.2) is 0 Å². The van der Waals surface area contributed by atoms with Gasteiger partial charge in [-0.05, 0) is 37.1 Å². The largest absolute Gasteiger partial charge is 0.481 e. The fourth-order valence-electron chi connectivity index (χ4n) is 3.08. The van der Waals surface area contributed by atoms with Crippen LogP contribution < -0.4 is 5.32 Å². The zero-order valence-corrected chi connectivity index (χ0v) is 10.6. The molecule has 1 aromatic rings. The minimum Gasteiger partial charge on any atom is -0.481 e. The third-order valence-corrected chi connectivity index (χ3v) is 3.97. The first-order valence-corrected chi connectivity index (χ1v) is 6.51. The third kappa shape index (κ3) is 2.16. The predicted octanol–water partition coefficient (Wildman–Crippen LogP) is 1.64. The van der Waals surface area contributed by atoms with Crippen LogP contribution in [0.1, 0.15) is 12.8 Å². The second-order valence-corrected chi connectivity index (χ2v) is 5.18. The van der Waals surface area contributed by atoms with Crippen LogP contribution in [0.5, 0.6) is 0 Å². The van der Waals surface area contributed by atoms with Crippen molar-refractivity contribution in [1.29, 1.82) is 0 Å². The molecule has 3 rings (SSSR count). The zero-order valence-electron chi connectivity index (χ0n) is 10.6. The molecule has 6 heteroatoms. The molecule has 20 heavy (non-hydrogen) atoms. The van der Waals surface area contributed by atoms with Gasteiger partial charge in [-0.15, -0.1) is 0 Å². The number of fused-ring (bicyclic) bond motifs is 2. The van der Waals surface area contributed by atoms with Crippen molar-refractivity contribution in [2.45, 2.75) is 25.0 Å². The second-order valence-electron chi connectivity index (χ2n) is 5.18. The first kappa shape index (κ1) is 13.1. The molecule has 2 aliphatic rings. The Morgan fingerprint density at radius 3 is 2.35 bits per heavy atom. The molecule has 2 heterocycles. The normalized spacial score (nSPS) is 31.2. The van der Waals surface area contributed by atoms with Crippen LogP contribution in [0, 0.1) is 17.7 Å². The molecule has 0 aromatic heterocycles. The van der Waals surface area contributed by atoms with Crippen molar-refractivity contribution < 1.29 is 23.8 Å². The number of halogens is 1. The summed E-state index contributed by atoms with van der Waals surface area (Å²) < 4.78 is 18.3. The van der Waals surface area contributed by atoms with Gasteiger partial charge in [-0.3, -0.25) is 9.59 Å². The molecular formula is C14H14FNO4. The summed E-state index contributed by atoms with van der Waals surface area (Å²) in [5.74, 6) is -3.26. The standard InChI is InChI=1S/C14H14FNO4/c15-7-1-3-8(4-2-7)16-13(17)11-9-5-6-10(20-9)12(11)14(18)19/h1-4,9-12H,5-6H2,(H,16,17)(H,18,19)/t9-,10-,11-,12-/m1/s1. The lowest BCUT2D eigenvalue weighted by Crippen LogP contribution is -2.40. The Kier molecular flexibility index (Phi) is 3.17. The number of hydrogen-bond donors (Lipinski definition) is 2.